The molecule has 176 valence electrons. The van der Waals surface area contributed by atoms with Gasteiger partial charge in [0, 0.05) is 31.4 Å². The summed E-state index contributed by atoms with van der Waals surface area (Å²) >= 11 is 0. The fourth-order valence-corrected chi connectivity index (χ4v) is 3.91. The van der Waals surface area contributed by atoms with Crippen molar-refractivity contribution in [1.82, 2.24) is 25.8 Å². The number of nitrogens with zero attached hydrogens (tertiary/aromatic N) is 2. The SMILES string of the molecule is CCO[C@@H]1C[C@](NC(=O)OC(C)(C)C)(C(=O)NCCc2nc(-c3ccco3)n[nH]2)C1(C)C. The molecule has 3 N–H and O–H groups in total. The van der Waals surface area contributed by atoms with E-state index in [0.29, 0.717) is 43.4 Å². The summed E-state index contributed by atoms with van der Waals surface area (Å²) in [5.74, 6) is 1.36. The Kier molecular flexibility index (Phi) is 6.64. The summed E-state index contributed by atoms with van der Waals surface area (Å²) in [5.41, 5.74) is -2.44. The lowest BCUT2D eigenvalue weighted by Crippen LogP contribution is -2.78. The predicted octanol–water partition coefficient (Wildman–Crippen LogP) is 2.82. The first kappa shape index (κ1) is 23.8. The highest BCUT2D eigenvalue weighted by Crippen LogP contribution is 2.51. The number of nitrogens with one attached hydrogen (secondary N) is 3. The molecule has 10 heteroatoms. The zero-order valence-corrected chi connectivity index (χ0v) is 19.6. The fourth-order valence-electron chi connectivity index (χ4n) is 3.91. The molecule has 0 bridgehead atoms. The molecule has 2 heterocycles. The van der Waals surface area contributed by atoms with E-state index in [-0.39, 0.29) is 12.0 Å². The van der Waals surface area contributed by atoms with Crippen molar-refractivity contribution in [3.63, 3.8) is 0 Å². The van der Waals surface area contributed by atoms with E-state index in [9.17, 15) is 9.59 Å². The summed E-state index contributed by atoms with van der Waals surface area (Å²) in [6.07, 6.45) is 1.58. The summed E-state index contributed by atoms with van der Waals surface area (Å²) in [6, 6.07) is 3.53. The van der Waals surface area contributed by atoms with Gasteiger partial charge in [-0.15, -0.1) is 0 Å². The third-order valence-electron chi connectivity index (χ3n) is 5.79. The minimum atomic E-state index is -1.14. The van der Waals surface area contributed by atoms with Crippen LogP contribution in [0.3, 0.4) is 0 Å². The average Bonchev–Trinajstić information content (AvgIpc) is 3.37. The first-order valence-electron chi connectivity index (χ1n) is 10.8. The first-order chi connectivity index (χ1) is 15.0. The molecule has 1 aliphatic rings. The van der Waals surface area contributed by atoms with Crippen molar-refractivity contribution in [2.75, 3.05) is 13.2 Å². The molecule has 1 aliphatic carbocycles. The lowest BCUT2D eigenvalue weighted by molar-refractivity contribution is -0.178. The van der Waals surface area contributed by atoms with Crippen LogP contribution in [0, 0.1) is 5.41 Å². The predicted molar refractivity (Wildman–Crippen MR) is 117 cm³/mol. The molecule has 0 aliphatic heterocycles. The highest BCUT2D eigenvalue weighted by atomic mass is 16.6. The van der Waals surface area contributed by atoms with E-state index in [1.54, 1.807) is 39.2 Å². The van der Waals surface area contributed by atoms with Gasteiger partial charge in [-0.3, -0.25) is 9.89 Å². The number of rotatable bonds is 8. The third-order valence-corrected chi connectivity index (χ3v) is 5.79. The van der Waals surface area contributed by atoms with Gasteiger partial charge in [0.1, 0.15) is 17.0 Å². The van der Waals surface area contributed by atoms with Crippen LogP contribution in [0.4, 0.5) is 4.79 Å². The standard InChI is InChI=1S/C22H33N5O5/c1-7-30-15-13-22(21(15,5)6,25-19(29)32-20(2,3)4)18(28)23-11-10-16-24-17(27-26-16)14-9-8-12-31-14/h8-9,12,15H,7,10-11,13H2,1-6H3,(H,23,28)(H,25,29)(H,24,26,27)/t15-,22+/m1/s1. The summed E-state index contributed by atoms with van der Waals surface area (Å²) in [6.45, 7) is 11.9. The molecular formula is C22H33N5O5. The van der Waals surface area contributed by atoms with Crippen LogP contribution in [0.5, 0.6) is 0 Å². The van der Waals surface area contributed by atoms with Crippen LogP contribution in [0.1, 0.15) is 53.8 Å². The maximum absolute atomic E-state index is 13.3. The number of ether oxygens (including phenoxy) is 2. The molecule has 2 aromatic rings. The maximum atomic E-state index is 13.3. The second-order valence-corrected chi connectivity index (χ2v) is 9.49. The van der Waals surface area contributed by atoms with Crippen LogP contribution in [0.15, 0.2) is 22.8 Å². The monoisotopic (exact) mass is 447 g/mol. The zero-order valence-electron chi connectivity index (χ0n) is 19.6. The van der Waals surface area contributed by atoms with Crippen LogP contribution >= 0.6 is 0 Å². The normalized spacial score (nSPS) is 22.1. The summed E-state index contributed by atoms with van der Waals surface area (Å²) < 4.78 is 16.5. The number of carbonyl (C=O) groups excluding carboxylic acids is 2. The van der Waals surface area contributed by atoms with Crippen molar-refractivity contribution in [3.8, 4) is 11.6 Å². The molecule has 0 aromatic carbocycles. The van der Waals surface area contributed by atoms with Gasteiger partial charge in [0.05, 0.1) is 12.4 Å². The molecule has 2 aromatic heterocycles. The highest BCUT2D eigenvalue weighted by molar-refractivity contribution is 5.92. The van der Waals surface area contributed by atoms with E-state index < -0.39 is 22.6 Å². The second-order valence-electron chi connectivity index (χ2n) is 9.49. The summed E-state index contributed by atoms with van der Waals surface area (Å²) in [7, 11) is 0. The first-order valence-corrected chi connectivity index (χ1v) is 10.8. The smallest absolute Gasteiger partial charge is 0.408 e. The molecule has 0 unspecified atom stereocenters. The van der Waals surface area contributed by atoms with Crippen molar-refractivity contribution in [3.05, 3.63) is 24.2 Å². The number of aromatic amines is 1. The number of H-pyrrole nitrogens is 1. The van der Waals surface area contributed by atoms with Crippen LogP contribution in [0.2, 0.25) is 0 Å². The second kappa shape index (κ2) is 8.93. The van der Waals surface area contributed by atoms with E-state index in [1.165, 1.54) is 0 Å². The van der Waals surface area contributed by atoms with Crippen LogP contribution in [0.25, 0.3) is 11.6 Å². The Morgan fingerprint density at radius 2 is 2.09 bits per heavy atom. The topological polar surface area (TPSA) is 131 Å². The van der Waals surface area contributed by atoms with Gasteiger partial charge in [0.2, 0.25) is 11.7 Å². The number of hydrogen-bond acceptors (Lipinski definition) is 7. The van der Waals surface area contributed by atoms with Gasteiger partial charge in [-0.05, 0) is 39.8 Å². The van der Waals surface area contributed by atoms with Gasteiger partial charge in [-0.2, -0.15) is 5.10 Å². The third kappa shape index (κ3) is 4.79. The fraction of sp³-hybridized carbons (Fsp3) is 0.636. The number of carbonyl (C=O) groups is 2. The Bertz CT molecular complexity index is 931. The Morgan fingerprint density at radius 1 is 1.34 bits per heavy atom. The van der Waals surface area contributed by atoms with Crippen molar-refractivity contribution < 1.29 is 23.5 Å². The minimum Gasteiger partial charge on any atom is -0.461 e. The number of alkyl carbamates (subject to hydrolysis) is 1. The van der Waals surface area contributed by atoms with E-state index in [0.717, 1.165) is 0 Å². The van der Waals surface area contributed by atoms with E-state index >= 15 is 0 Å². The summed E-state index contributed by atoms with van der Waals surface area (Å²) in [4.78, 5) is 30.2. The average molecular weight is 448 g/mol. The van der Waals surface area contributed by atoms with E-state index in [4.69, 9.17) is 13.9 Å². The molecule has 32 heavy (non-hydrogen) atoms. The van der Waals surface area contributed by atoms with Crippen LogP contribution < -0.4 is 10.6 Å². The Morgan fingerprint density at radius 3 is 2.69 bits per heavy atom. The molecule has 1 fully saturated rings. The van der Waals surface area contributed by atoms with Gasteiger partial charge < -0.3 is 24.5 Å². The molecule has 2 amide bonds. The van der Waals surface area contributed by atoms with E-state index in [2.05, 4.69) is 25.8 Å². The van der Waals surface area contributed by atoms with Crippen molar-refractivity contribution in [1.29, 1.82) is 0 Å². The number of hydrogen-bond donors (Lipinski definition) is 3. The molecule has 0 radical (unpaired) electrons. The zero-order chi connectivity index (χ0) is 23.6. The van der Waals surface area contributed by atoms with Crippen molar-refractivity contribution in [2.45, 2.75) is 71.6 Å². The minimum absolute atomic E-state index is 0.154. The van der Waals surface area contributed by atoms with Gasteiger partial charge in [0.15, 0.2) is 5.76 Å². The van der Waals surface area contributed by atoms with Gasteiger partial charge >= 0.3 is 6.09 Å². The Balaban J connectivity index is 1.65. The maximum Gasteiger partial charge on any atom is 0.408 e. The lowest BCUT2D eigenvalue weighted by atomic mass is 9.53. The molecule has 10 nitrogen and oxygen atoms in total. The van der Waals surface area contributed by atoms with E-state index in [1.807, 2.05) is 20.8 Å². The van der Waals surface area contributed by atoms with Crippen LogP contribution in [-0.2, 0) is 20.7 Å². The van der Waals surface area contributed by atoms with Crippen LogP contribution in [-0.4, -0.2) is 57.6 Å². The molecular weight excluding hydrogens is 414 g/mol. The summed E-state index contributed by atoms with van der Waals surface area (Å²) in [5, 5.41) is 12.7. The molecule has 1 saturated carbocycles. The number of aromatic nitrogens is 3. The number of amides is 2. The molecule has 2 atom stereocenters. The van der Waals surface area contributed by atoms with Crippen molar-refractivity contribution in [2.24, 2.45) is 5.41 Å². The highest BCUT2D eigenvalue weighted by Gasteiger charge is 2.66. The van der Waals surface area contributed by atoms with Gasteiger partial charge in [0.25, 0.3) is 0 Å². The molecule has 3 rings (SSSR count). The van der Waals surface area contributed by atoms with Gasteiger partial charge in [-0.25, -0.2) is 9.78 Å². The Hall–Kier alpha value is -2.88. The lowest BCUT2D eigenvalue weighted by Gasteiger charge is -2.59. The largest absolute Gasteiger partial charge is 0.461 e. The number of furan rings is 1. The van der Waals surface area contributed by atoms with Gasteiger partial charge in [-0.1, -0.05) is 13.8 Å². The molecule has 0 spiro atoms. The molecule has 0 saturated heterocycles. The van der Waals surface area contributed by atoms with Crippen molar-refractivity contribution >= 4 is 12.0 Å². The Labute approximate surface area is 187 Å². The quantitative estimate of drug-likeness (QED) is 0.567.